The predicted octanol–water partition coefficient (Wildman–Crippen LogP) is 1.37. The minimum Gasteiger partial charge on any atom is -0.211 e. The largest absolute Gasteiger partial charge is 0.211 e. The molecule has 0 atom stereocenters. The fourth-order valence-corrected chi connectivity index (χ4v) is 1.47. The molecule has 0 N–H and O–H groups in total. The molecule has 1 rings (SSSR count). The molecule has 0 nitrogen and oxygen atoms in total. The highest BCUT2D eigenvalue weighted by atomic mass is 19.1. The smallest absolute Gasteiger partial charge is 0.120 e. The van der Waals surface area contributed by atoms with Crippen LogP contribution in [0.5, 0.6) is 0 Å². The van der Waals surface area contributed by atoms with Crippen molar-refractivity contribution >= 4 is 12.7 Å². The third-order valence-corrected chi connectivity index (χ3v) is 2.20. The van der Waals surface area contributed by atoms with Crippen molar-refractivity contribution < 1.29 is 4.39 Å². The third-order valence-electron chi connectivity index (χ3n) is 2.20. The molecule has 2 heteroatoms. The van der Waals surface area contributed by atoms with Crippen molar-refractivity contribution in [3.8, 4) is 0 Å². The summed E-state index contributed by atoms with van der Waals surface area (Å²) >= 11 is 0. The maximum atomic E-state index is 12.7. The molecule has 0 heterocycles. The lowest BCUT2D eigenvalue weighted by atomic mass is 9.66. The normalized spacial score (nSPS) is 10.1. The molecule has 1 aromatic rings. The summed E-state index contributed by atoms with van der Waals surface area (Å²) in [6, 6.07) is 5.07. The molecule has 0 aromatic heterocycles. The van der Waals surface area contributed by atoms with Crippen molar-refractivity contribution in [2.45, 2.75) is 20.2 Å². The third kappa shape index (κ3) is 2.07. The van der Waals surface area contributed by atoms with E-state index in [9.17, 15) is 4.39 Å². The van der Waals surface area contributed by atoms with Crippen molar-refractivity contribution in [1.82, 2.24) is 0 Å². The Hall–Kier alpha value is -0.785. The van der Waals surface area contributed by atoms with Gasteiger partial charge in [-0.2, -0.15) is 6.32 Å². The first kappa shape index (κ1) is 8.31. The summed E-state index contributed by atoms with van der Waals surface area (Å²) in [7, 11) is -0.0746. The van der Waals surface area contributed by atoms with Crippen LogP contribution < -0.4 is 5.46 Å². The summed E-state index contributed by atoms with van der Waals surface area (Å²) in [5.41, 5.74) is 2.50. The molecule has 11 heavy (non-hydrogen) atoms. The number of aryl methyl sites for hydroxylation is 1. The standard InChI is InChI=1S/C9H13BF/c1-3-10-9-6-8(11)5-4-7(9)2/h4-6H,3,10H2,1-2H3/q-1. The lowest BCUT2D eigenvalue weighted by molar-refractivity contribution is 0.628. The van der Waals surface area contributed by atoms with Gasteiger partial charge in [-0.05, 0) is 20.3 Å². The SMILES string of the molecule is CC[BH2-]c1cc(F)ccc1C. The van der Waals surface area contributed by atoms with Crippen LogP contribution in [0.25, 0.3) is 0 Å². The maximum absolute atomic E-state index is 12.7. The topological polar surface area (TPSA) is 0 Å². The summed E-state index contributed by atoms with van der Waals surface area (Å²) in [6.07, 6.45) is 1.20. The number of halogens is 1. The Labute approximate surface area is 67.7 Å². The molecule has 0 radical (unpaired) electrons. The van der Waals surface area contributed by atoms with Crippen LogP contribution in [0.15, 0.2) is 18.2 Å². The molecule has 0 bridgehead atoms. The Morgan fingerprint density at radius 2 is 2.18 bits per heavy atom. The zero-order valence-corrected chi connectivity index (χ0v) is 7.32. The first-order valence-corrected chi connectivity index (χ1v) is 4.34. The average Bonchev–Trinajstić information content (AvgIpc) is 1.98. The Morgan fingerprint density at radius 1 is 1.45 bits per heavy atom. The highest BCUT2D eigenvalue weighted by molar-refractivity contribution is 6.53. The number of rotatable bonds is 2. The first-order valence-electron chi connectivity index (χ1n) is 4.34. The van der Waals surface area contributed by atoms with Gasteiger partial charge in [-0.1, -0.05) is 24.6 Å². The van der Waals surface area contributed by atoms with Crippen LogP contribution in [-0.2, 0) is 0 Å². The Balaban J connectivity index is 2.93. The fraction of sp³-hybridized carbons (Fsp3) is 0.333. The Morgan fingerprint density at radius 3 is 2.82 bits per heavy atom. The summed E-state index contributed by atoms with van der Waals surface area (Å²) in [4.78, 5) is 0. The first-order chi connectivity index (χ1) is 5.24. The predicted molar refractivity (Wildman–Crippen MR) is 49.8 cm³/mol. The molecule has 0 aliphatic carbocycles. The minimum absolute atomic E-state index is 0.0746. The van der Waals surface area contributed by atoms with Crippen molar-refractivity contribution in [2.24, 2.45) is 0 Å². The lowest BCUT2D eigenvalue weighted by Crippen LogP contribution is -2.16. The van der Waals surface area contributed by atoms with Gasteiger partial charge in [-0.3, -0.25) is 0 Å². The van der Waals surface area contributed by atoms with Crippen LogP contribution >= 0.6 is 0 Å². The molecule has 0 fully saturated rings. The molecule has 0 amide bonds. The molecule has 1 aromatic carbocycles. The van der Waals surface area contributed by atoms with E-state index < -0.39 is 0 Å². The van der Waals surface area contributed by atoms with Crippen LogP contribution in [0.3, 0.4) is 0 Å². The molecule has 60 valence electrons. The molecule has 0 aliphatic rings. The van der Waals surface area contributed by atoms with E-state index >= 15 is 0 Å². The van der Waals surface area contributed by atoms with E-state index in [2.05, 4.69) is 6.92 Å². The van der Waals surface area contributed by atoms with Gasteiger partial charge in [0.25, 0.3) is 0 Å². The summed E-state index contributed by atoms with van der Waals surface area (Å²) in [6.45, 7) is 4.21. The lowest BCUT2D eigenvalue weighted by Gasteiger charge is -2.08. The van der Waals surface area contributed by atoms with E-state index in [4.69, 9.17) is 0 Å². The van der Waals surface area contributed by atoms with Crippen LogP contribution in [0.4, 0.5) is 4.39 Å². The van der Waals surface area contributed by atoms with E-state index in [1.807, 2.05) is 13.0 Å². The van der Waals surface area contributed by atoms with Gasteiger partial charge in [0.15, 0.2) is 0 Å². The molecular weight excluding hydrogens is 138 g/mol. The van der Waals surface area contributed by atoms with E-state index in [1.165, 1.54) is 23.4 Å². The van der Waals surface area contributed by atoms with Gasteiger partial charge in [0.05, 0.1) is 0 Å². The van der Waals surface area contributed by atoms with E-state index in [-0.39, 0.29) is 13.1 Å². The highest BCUT2D eigenvalue weighted by Gasteiger charge is 1.92. The second-order valence-electron chi connectivity index (χ2n) is 3.29. The van der Waals surface area contributed by atoms with Crippen LogP contribution in [0.1, 0.15) is 12.5 Å². The Bertz CT molecular complexity index is 245. The van der Waals surface area contributed by atoms with Crippen LogP contribution in [-0.4, -0.2) is 7.28 Å². The zero-order chi connectivity index (χ0) is 8.27. The van der Waals surface area contributed by atoms with Crippen LogP contribution in [0, 0.1) is 12.7 Å². The Kier molecular flexibility index (Phi) is 2.69. The quantitative estimate of drug-likeness (QED) is 0.560. The van der Waals surface area contributed by atoms with Gasteiger partial charge in [0, 0.05) is 0 Å². The molecule has 0 saturated heterocycles. The maximum Gasteiger partial charge on any atom is 0.120 e. The molecular formula is C9H13BF-. The van der Waals surface area contributed by atoms with E-state index in [1.54, 1.807) is 6.07 Å². The molecule has 0 unspecified atom stereocenters. The number of hydrogen-bond acceptors (Lipinski definition) is 0. The molecule has 0 spiro atoms. The average molecular weight is 151 g/mol. The van der Waals surface area contributed by atoms with E-state index in [0.717, 1.165) is 0 Å². The number of benzene rings is 1. The van der Waals surface area contributed by atoms with Gasteiger partial charge in [0.1, 0.15) is 5.82 Å². The summed E-state index contributed by atoms with van der Waals surface area (Å²) < 4.78 is 12.7. The van der Waals surface area contributed by atoms with Crippen molar-refractivity contribution in [2.75, 3.05) is 0 Å². The monoisotopic (exact) mass is 151 g/mol. The van der Waals surface area contributed by atoms with Crippen molar-refractivity contribution in [1.29, 1.82) is 0 Å². The molecule has 0 saturated carbocycles. The second-order valence-corrected chi connectivity index (χ2v) is 3.29. The van der Waals surface area contributed by atoms with Gasteiger partial charge >= 0.3 is 0 Å². The van der Waals surface area contributed by atoms with Crippen molar-refractivity contribution in [3.05, 3.63) is 29.6 Å². The fourth-order valence-electron chi connectivity index (χ4n) is 1.47. The van der Waals surface area contributed by atoms with Gasteiger partial charge in [-0.25, -0.2) is 9.85 Å². The zero-order valence-electron chi connectivity index (χ0n) is 7.32. The van der Waals surface area contributed by atoms with Gasteiger partial charge in [0.2, 0.25) is 0 Å². The summed E-state index contributed by atoms with van der Waals surface area (Å²) in [5, 5.41) is 0. The second kappa shape index (κ2) is 3.56. The van der Waals surface area contributed by atoms with Gasteiger partial charge in [-0.15, -0.1) is 0 Å². The molecule has 0 aliphatic heterocycles. The minimum atomic E-state index is -0.0946. The summed E-state index contributed by atoms with van der Waals surface area (Å²) in [5.74, 6) is -0.0946. The number of hydrogen-bond donors (Lipinski definition) is 0. The highest BCUT2D eigenvalue weighted by Crippen LogP contribution is 1.98. The van der Waals surface area contributed by atoms with Crippen LogP contribution in [0.2, 0.25) is 6.32 Å². The van der Waals surface area contributed by atoms with E-state index in [0.29, 0.717) is 0 Å². The van der Waals surface area contributed by atoms with Crippen molar-refractivity contribution in [3.63, 3.8) is 0 Å². The van der Waals surface area contributed by atoms with Gasteiger partial charge < -0.3 is 0 Å².